The fourth-order valence-corrected chi connectivity index (χ4v) is 7.73. The van der Waals surface area contributed by atoms with Crippen LogP contribution in [0.4, 0.5) is 0 Å². The van der Waals surface area contributed by atoms with Crippen molar-refractivity contribution in [2.45, 2.75) is 78.6 Å². The van der Waals surface area contributed by atoms with Crippen LogP contribution in [-0.2, 0) is 16.2 Å². The van der Waals surface area contributed by atoms with Gasteiger partial charge in [-0.1, -0.05) is 153 Å². The highest BCUT2D eigenvalue weighted by atomic mass is 31.2. The highest BCUT2D eigenvalue weighted by Gasteiger charge is 2.31. The van der Waals surface area contributed by atoms with E-state index < -0.39 is 24.8 Å². The Morgan fingerprint density at radius 3 is 0.859 bits per heavy atom. The standard InChI is InChI=1S/C54H57O9P/c1-52(2,3)43-31-40(58-34-46(55)37-19-13-10-14-20-37)25-28-49(43)61-64(62-50-29-26-41(32-44(50)53(4,5)6)59-35-47(56)38-21-15-11-16-22-38)63-51-30-27-42(33-45(51)54(7,8)9)60-36-48(57)39-23-17-12-18-24-39/h10-33H,34-36H2,1-9H3. The first-order valence-electron chi connectivity index (χ1n) is 21.3. The monoisotopic (exact) mass is 880 g/mol. The van der Waals surface area contributed by atoms with Crippen molar-refractivity contribution in [2.75, 3.05) is 19.8 Å². The first-order valence-corrected chi connectivity index (χ1v) is 22.4. The number of hydrogen-bond donors (Lipinski definition) is 0. The van der Waals surface area contributed by atoms with Gasteiger partial charge < -0.3 is 27.8 Å². The van der Waals surface area contributed by atoms with E-state index >= 15 is 0 Å². The van der Waals surface area contributed by atoms with E-state index in [1.807, 2.05) is 91.0 Å². The minimum atomic E-state index is -2.24. The average Bonchev–Trinajstić information content (AvgIpc) is 3.27. The lowest BCUT2D eigenvalue weighted by atomic mass is 9.86. The van der Waals surface area contributed by atoms with Crippen LogP contribution >= 0.6 is 8.60 Å². The molecular formula is C54H57O9P. The van der Waals surface area contributed by atoms with Crippen molar-refractivity contribution in [3.8, 4) is 34.5 Å². The van der Waals surface area contributed by atoms with E-state index in [2.05, 4.69) is 62.3 Å². The molecule has 6 rings (SSSR count). The molecule has 0 N–H and O–H groups in total. The van der Waals surface area contributed by atoms with Gasteiger partial charge in [-0.2, -0.15) is 0 Å². The molecule has 0 amide bonds. The summed E-state index contributed by atoms with van der Waals surface area (Å²) in [4.78, 5) is 38.8. The van der Waals surface area contributed by atoms with E-state index in [4.69, 9.17) is 27.8 Å². The summed E-state index contributed by atoms with van der Waals surface area (Å²) in [6, 6.07) is 43.5. The minimum Gasteiger partial charge on any atom is -0.485 e. The molecule has 0 saturated heterocycles. The molecule has 6 aromatic rings. The second-order valence-electron chi connectivity index (χ2n) is 18.5. The number of benzene rings is 6. The molecule has 0 bridgehead atoms. The first kappa shape index (κ1) is 47.0. The Balaban J connectivity index is 1.33. The van der Waals surface area contributed by atoms with Gasteiger partial charge in [0, 0.05) is 33.4 Å². The molecule has 10 heteroatoms. The zero-order chi connectivity index (χ0) is 46.1. The molecule has 332 valence electrons. The average molecular weight is 881 g/mol. The maximum absolute atomic E-state index is 12.9. The molecule has 0 heterocycles. The normalized spacial score (nSPS) is 11.7. The van der Waals surface area contributed by atoms with Crippen molar-refractivity contribution < 1.29 is 42.2 Å². The van der Waals surface area contributed by atoms with Crippen LogP contribution in [0.5, 0.6) is 34.5 Å². The molecule has 0 atom stereocenters. The van der Waals surface area contributed by atoms with Crippen molar-refractivity contribution >= 4 is 26.0 Å². The summed E-state index contributed by atoms with van der Waals surface area (Å²) in [5.74, 6) is 2.67. The number of carbonyl (C=O) groups excluding carboxylic acids is 3. The summed E-state index contributed by atoms with van der Waals surface area (Å²) < 4.78 is 38.6. The van der Waals surface area contributed by atoms with E-state index in [0.717, 1.165) is 16.7 Å². The SMILES string of the molecule is CC(C)(C)c1cc(OCC(=O)c2ccccc2)ccc1OP(Oc1ccc(OCC(=O)c2ccccc2)cc1C(C)(C)C)Oc1ccc(OCC(=O)c2ccccc2)cc1C(C)(C)C. The molecule has 0 aromatic heterocycles. The number of ketones is 3. The fourth-order valence-electron chi connectivity index (χ4n) is 6.66. The van der Waals surface area contributed by atoms with Crippen molar-refractivity contribution in [2.24, 2.45) is 0 Å². The van der Waals surface area contributed by atoms with Gasteiger partial charge in [-0.15, -0.1) is 0 Å². The zero-order valence-electron chi connectivity index (χ0n) is 38.1. The lowest BCUT2D eigenvalue weighted by Crippen LogP contribution is -2.18. The molecule has 0 spiro atoms. The Morgan fingerprint density at radius 1 is 0.375 bits per heavy atom. The Labute approximate surface area is 378 Å². The molecule has 9 nitrogen and oxygen atoms in total. The summed E-state index contributed by atoms with van der Waals surface area (Å²) in [7, 11) is -2.24. The van der Waals surface area contributed by atoms with Crippen molar-refractivity contribution in [1.82, 2.24) is 0 Å². The second kappa shape index (κ2) is 20.4. The van der Waals surface area contributed by atoms with Gasteiger partial charge in [0.1, 0.15) is 34.5 Å². The van der Waals surface area contributed by atoms with Crippen LogP contribution in [-0.4, -0.2) is 37.2 Å². The number of hydrogen-bond acceptors (Lipinski definition) is 9. The van der Waals surface area contributed by atoms with Crippen LogP contribution < -0.4 is 27.8 Å². The Bertz CT molecular complexity index is 2250. The molecule has 0 aliphatic carbocycles. The largest absolute Gasteiger partial charge is 0.530 e. The molecule has 0 aliphatic heterocycles. The van der Waals surface area contributed by atoms with E-state index in [-0.39, 0.29) is 37.2 Å². The Hall–Kier alpha value is -6.44. The van der Waals surface area contributed by atoms with Gasteiger partial charge in [0.05, 0.1) is 0 Å². The van der Waals surface area contributed by atoms with Gasteiger partial charge in [-0.3, -0.25) is 14.4 Å². The van der Waals surface area contributed by atoms with E-state index in [0.29, 0.717) is 51.2 Å². The molecule has 0 radical (unpaired) electrons. The molecule has 64 heavy (non-hydrogen) atoms. The van der Waals surface area contributed by atoms with E-state index in [1.54, 1.807) is 54.6 Å². The van der Waals surface area contributed by atoms with Crippen molar-refractivity contribution in [3.05, 3.63) is 179 Å². The number of rotatable bonds is 18. The molecule has 0 fully saturated rings. The van der Waals surface area contributed by atoms with Gasteiger partial charge >= 0.3 is 8.60 Å². The number of ether oxygens (including phenoxy) is 3. The van der Waals surface area contributed by atoms with E-state index in [9.17, 15) is 14.4 Å². The van der Waals surface area contributed by atoms with Gasteiger partial charge in [-0.05, 0) is 70.8 Å². The van der Waals surface area contributed by atoms with Gasteiger partial charge in [0.2, 0.25) is 0 Å². The Kier molecular flexibility index (Phi) is 15.0. The number of carbonyl (C=O) groups is 3. The molecule has 0 aliphatic rings. The minimum absolute atomic E-state index is 0.127. The van der Waals surface area contributed by atoms with Crippen LogP contribution in [0.2, 0.25) is 0 Å². The maximum Gasteiger partial charge on any atom is 0.530 e. The van der Waals surface area contributed by atoms with Crippen molar-refractivity contribution in [3.63, 3.8) is 0 Å². The third-order valence-corrected chi connectivity index (χ3v) is 11.2. The van der Waals surface area contributed by atoms with Crippen LogP contribution in [0.25, 0.3) is 0 Å². The van der Waals surface area contributed by atoms with Crippen molar-refractivity contribution in [1.29, 1.82) is 0 Å². The van der Waals surface area contributed by atoms with Crippen LogP contribution in [0.15, 0.2) is 146 Å². The molecular weight excluding hydrogens is 824 g/mol. The van der Waals surface area contributed by atoms with Gasteiger partial charge in [0.25, 0.3) is 0 Å². The number of Topliss-reactive ketones (excluding diaryl/α,β-unsaturated/α-hetero) is 3. The fraction of sp³-hybridized carbons (Fsp3) is 0.278. The first-order chi connectivity index (χ1) is 30.3. The summed E-state index contributed by atoms with van der Waals surface area (Å²) in [5.41, 5.74) is 2.85. The summed E-state index contributed by atoms with van der Waals surface area (Å²) >= 11 is 0. The lowest BCUT2D eigenvalue weighted by Gasteiger charge is -2.29. The zero-order valence-corrected chi connectivity index (χ0v) is 39.0. The Morgan fingerprint density at radius 2 is 0.625 bits per heavy atom. The summed E-state index contributed by atoms with van der Waals surface area (Å²) in [5, 5.41) is 0. The van der Waals surface area contributed by atoms with Crippen LogP contribution in [0.3, 0.4) is 0 Å². The maximum atomic E-state index is 12.9. The van der Waals surface area contributed by atoms with Crippen LogP contribution in [0.1, 0.15) is 110 Å². The topological polar surface area (TPSA) is 107 Å². The van der Waals surface area contributed by atoms with Gasteiger partial charge in [0.15, 0.2) is 37.2 Å². The second-order valence-corrected chi connectivity index (χ2v) is 19.4. The van der Waals surface area contributed by atoms with Crippen LogP contribution in [0, 0.1) is 0 Å². The lowest BCUT2D eigenvalue weighted by molar-refractivity contribution is 0.0915. The third-order valence-electron chi connectivity index (χ3n) is 10.2. The highest BCUT2D eigenvalue weighted by molar-refractivity contribution is 7.43. The predicted molar refractivity (Wildman–Crippen MR) is 253 cm³/mol. The van der Waals surface area contributed by atoms with E-state index in [1.165, 1.54) is 0 Å². The molecule has 6 aromatic carbocycles. The molecule has 0 saturated carbocycles. The third kappa shape index (κ3) is 12.8. The summed E-state index contributed by atoms with van der Waals surface area (Å²) in [6.07, 6.45) is 0. The predicted octanol–water partition coefficient (Wildman–Crippen LogP) is 13.1. The summed E-state index contributed by atoms with van der Waals surface area (Å²) in [6.45, 7) is 18.2. The molecule has 0 unspecified atom stereocenters. The van der Waals surface area contributed by atoms with Gasteiger partial charge in [-0.25, -0.2) is 0 Å². The smallest absolute Gasteiger partial charge is 0.485 e. The quantitative estimate of drug-likeness (QED) is 0.0616. The highest BCUT2D eigenvalue weighted by Crippen LogP contribution is 2.50.